The zero-order valence-electron chi connectivity index (χ0n) is 27.1. The Morgan fingerprint density at radius 2 is 0.540 bits per heavy atom. The molecule has 0 aliphatic carbocycles. The van der Waals surface area contributed by atoms with Crippen LogP contribution in [0, 0.1) is 0 Å². The van der Waals surface area contributed by atoms with Gasteiger partial charge >= 0.3 is 0 Å². The van der Waals surface area contributed by atoms with E-state index in [-0.39, 0.29) is 0 Å². The van der Waals surface area contributed by atoms with Gasteiger partial charge in [-0.1, -0.05) is 197 Å². The molecule has 2 atom stereocenters. The second-order valence-corrected chi connectivity index (χ2v) is 19.0. The van der Waals surface area contributed by atoms with Crippen LogP contribution < -0.4 is 0 Å². The van der Waals surface area contributed by atoms with Crippen molar-refractivity contribution < 1.29 is 0 Å². The minimum absolute atomic E-state index is 0.866. The maximum Gasteiger partial charge on any atom is 0.0503 e. The van der Waals surface area contributed by atoms with E-state index in [1.807, 2.05) is 0 Å². The summed E-state index contributed by atoms with van der Waals surface area (Å²) in [7, 11) is -1.73. The van der Waals surface area contributed by atoms with Gasteiger partial charge in [0.1, 0.15) is 0 Å². The normalized spacial score (nSPS) is 12.0. The first-order valence-electron chi connectivity index (χ1n) is 16.6. The average molecular weight is 807 g/mol. The molecule has 0 amide bonds. The van der Waals surface area contributed by atoms with E-state index in [1.54, 1.807) is 0 Å². The Bertz CT molecular complexity index is 2220. The maximum absolute atomic E-state index is 4.23. The first-order valence-corrected chi connectivity index (χ1v) is 20.9. The van der Waals surface area contributed by atoms with Crippen LogP contribution in [-0.4, -0.2) is 0 Å². The summed E-state index contributed by atoms with van der Waals surface area (Å²) in [6, 6.07) is 65.5. The molecule has 0 spiro atoms. The largest absolute Gasteiger partial charge is 0.0699 e. The highest BCUT2D eigenvalue weighted by Crippen LogP contribution is 2.64. The smallest absolute Gasteiger partial charge is 0.0503 e. The number of hydrogen-bond acceptors (Lipinski definition) is 0. The van der Waals surface area contributed by atoms with Gasteiger partial charge in [-0.3, -0.25) is 0 Å². The highest BCUT2D eigenvalue weighted by Gasteiger charge is 2.27. The van der Waals surface area contributed by atoms with Gasteiger partial charge in [-0.25, -0.2) is 0 Å². The molecule has 2 unspecified atom stereocenters. The molecule has 50 heavy (non-hydrogen) atoms. The summed E-state index contributed by atoms with van der Waals surface area (Å²) in [5, 5.41) is 5.34. The van der Waals surface area contributed by atoms with Crippen LogP contribution in [0.1, 0.15) is 10.6 Å². The lowest BCUT2D eigenvalue weighted by Gasteiger charge is -2.11. The molecule has 0 radical (unpaired) electrons. The van der Waals surface area contributed by atoms with Gasteiger partial charge in [0.05, 0.1) is 8.41 Å². The lowest BCUT2D eigenvalue weighted by molar-refractivity contribution is 1.62. The first kappa shape index (κ1) is 32.8. The molecule has 0 nitrogen and oxygen atoms in total. The third-order valence-electron chi connectivity index (χ3n) is 8.98. The van der Waals surface area contributed by atoms with Gasteiger partial charge < -0.3 is 0 Å². The molecule has 8 rings (SSSR count). The zero-order valence-corrected chi connectivity index (χ0v) is 32.1. The molecule has 0 bridgehead atoms. The van der Waals surface area contributed by atoms with E-state index in [4.69, 9.17) is 0 Å². The molecular weight excluding hydrogens is 774 g/mol. The summed E-state index contributed by atoms with van der Waals surface area (Å²) in [5.41, 5.74) is 10.00. The Labute approximate surface area is 313 Å². The van der Waals surface area contributed by atoms with Gasteiger partial charge in [0, 0.05) is 32.8 Å². The Morgan fingerprint density at radius 3 is 0.820 bits per heavy atom. The fourth-order valence-electron chi connectivity index (χ4n) is 6.78. The molecule has 240 valence electrons. The van der Waals surface area contributed by atoms with Gasteiger partial charge in [-0.15, -0.1) is 0 Å². The van der Waals surface area contributed by atoms with Crippen LogP contribution in [-0.2, 0) is 0 Å². The van der Waals surface area contributed by atoms with Crippen molar-refractivity contribution in [1.82, 2.24) is 0 Å². The number of benzene rings is 6. The highest BCUT2D eigenvalue weighted by atomic mass is 79.9. The van der Waals surface area contributed by atoms with Crippen LogP contribution >= 0.6 is 46.9 Å². The summed E-state index contributed by atoms with van der Waals surface area (Å²) in [4.78, 5) is 0. The molecule has 0 aliphatic rings. The maximum atomic E-state index is 4.23. The Kier molecular flexibility index (Phi) is 9.71. The third kappa shape index (κ3) is 6.23. The average Bonchev–Trinajstić information content (AvgIpc) is 3.65. The lowest BCUT2D eigenvalue weighted by atomic mass is 9.95. The molecule has 2 aromatic heterocycles. The summed E-state index contributed by atoms with van der Waals surface area (Å²) >= 11 is 8.46. The monoisotopic (exact) mass is 804 g/mol. The van der Waals surface area contributed by atoms with E-state index < -0.39 is 15.1 Å². The second kappa shape index (κ2) is 14.8. The van der Waals surface area contributed by atoms with Crippen LogP contribution in [0.25, 0.3) is 67.3 Å². The van der Waals surface area contributed by atoms with Gasteiger partial charge in [0.2, 0.25) is 0 Å². The Balaban J connectivity index is 1.48. The van der Waals surface area contributed by atoms with Crippen molar-refractivity contribution in [3.05, 3.63) is 201 Å². The van der Waals surface area contributed by atoms with Crippen molar-refractivity contribution in [2.45, 2.75) is 0 Å². The fourth-order valence-corrected chi connectivity index (χ4v) is 14.7. The van der Waals surface area contributed by atoms with Crippen molar-refractivity contribution in [3.8, 4) is 55.1 Å². The van der Waals surface area contributed by atoms with Gasteiger partial charge in [0.25, 0.3) is 0 Å². The molecule has 0 saturated carbocycles. The summed E-state index contributed by atoms with van der Waals surface area (Å²) in [6.07, 6.45) is 4.89. The fraction of sp³-hybridized carbons (Fsp3) is 0. The van der Waals surface area contributed by atoms with Crippen molar-refractivity contribution in [1.29, 1.82) is 0 Å². The van der Waals surface area contributed by atoms with E-state index in [0.717, 1.165) is 0 Å². The van der Waals surface area contributed by atoms with Gasteiger partial charge in [-0.2, -0.15) is 0 Å². The topological polar surface area (TPSA) is 0 Å². The van der Waals surface area contributed by atoms with Crippen LogP contribution in [0.2, 0.25) is 0 Å². The van der Waals surface area contributed by atoms with E-state index in [9.17, 15) is 0 Å². The van der Waals surface area contributed by atoms with Crippen molar-refractivity contribution >= 4 is 59.1 Å². The molecule has 6 aromatic carbocycles. The molecule has 4 heteroatoms. The second-order valence-electron chi connectivity index (χ2n) is 12.0. The number of hydrogen-bond donors (Lipinski definition) is 0. The SMILES string of the molecule is Brc1c(-c2ccccc2)c(-c2ccccc2)c(/C=C/c2c(-c3ccccc3)c(-c3ccccc3)c(Br)p2-c2ccccc2)p1-c1ccccc1. The van der Waals surface area contributed by atoms with Gasteiger partial charge in [-0.05, 0) is 76.9 Å². The van der Waals surface area contributed by atoms with Crippen LogP contribution in [0.5, 0.6) is 0 Å². The van der Waals surface area contributed by atoms with Crippen LogP contribution in [0.15, 0.2) is 190 Å². The Morgan fingerprint density at radius 1 is 0.300 bits per heavy atom. The highest BCUT2D eigenvalue weighted by molar-refractivity contribution is 9.11. The third-order valence-corrected chi connectivity index (χ3v) is 16.5. The predicted octanol–water partition coefficient (Wildman–Crippen LogP) is 16.0. The molecule has 0 N–H and O–H groups in total. The van der Waals surface area contributed by atoms with Crippen molar-refractivity contribution in [2.24, 2.45) is 0 Å². The first-order chi connectivity index (χ1) is 24.7. The van der Waals surface area contributed by atoms with Crippen LogP contribution in [0.4, 0.5) is 0 Å². The Hall–Kier alpha value is -4.42. The zero-order chi connectivity index (χ0) is 33.9. The molecular formula is C46H32Br2P2. The molecule has 8 aromatic rings. The summed E-state index contributed by atoms with van der Waals surface area (Å²) in [6.45, 7) is 0. The molecule has 0 saturated heterocycles. The van der Waals surface area contributed by atoms with Gasteiger partial charge in [0.15, 0.2) is 0 Å². The molecule has 2 heterocycles. The minimum Gasteiger partial charge on any atom is -0.0699 e. The standard InChI is InChI=1S/C46H32Br2P2/c47-45-43(35-23-11-3-12-24-35)41(33-19-7-1-8-20-33)39(49(45)37-27-15-5-16-28-37)31-32-40-42(34-21-9-2-10-22-34)44(36-25-13-4-14-26-36)46(48)50(40)38-29-17-6-18-30-38/h1-32H/b32-31+. The van der Waals surface area contributed by atoms with Crippen molar-refractivity contribution in [3.63, 3.8) is 0 Å². The van der Waals surface area contributed by atoms with Crippen molar-refractivity contribution in [2.75, 3.05) is 0 Å². The number of rotatable bonds is 8. The quantitative estimate of drug-likeness (QED) is 0.143. The van der Waals surface area contributed by atoms with E-state index in [2.05, 4.69) is 226 Å². The van der Waals surface area contributed by atoms with E-state index >= 15 is 0 Å². The lowest BCUT2D eigenvalue weighted by Crippen LogP contribution is -1.84. The minimum atomic E-state index is -0.866. The number of halogens is 2. The summed E-state index contributed by atoms with van der Waals surface area (Å²) in [5.74, 6) is 0. The van der Waals surface area contributed by atoms with E-state index in [0.29, 0.717) is 0 Å². The summed E-state index contributed by atoms with van der Waals surface area (Å²) < 4.78 is 2.50. The predicted molar refractivity (Wildman–Crippen MR) is 227 cm³/mol. The molecule has 0 fully saturated rings. The molecule has 0 aliphatic heterocycles. The van der Waals surface area contributed by atoms with E-state index in [1.165, 1.54) is 74.1 Å². The van der Waals surface area contributed by atoms with Crippen LogP contribution in [0.3, 0.4) is 0 Å².